The lowest BCUT2D eigenvalue weighted by molar-refractivity contribution is 0.140. The van der Waals surface area contributed by atoms with E-state index in [9.17, 15) is 5.26 Å². The SMILES string of the molecule is CC(C)(C#N)c1cc(Cl)cc(CNCCCCOCCNc2cc(-c3ccnnc3)cc3[nH]ncc23)c1. The number of nitriles is 1. The lowest BCUT2D eigenvalue weighted by atomic mass is 9.85. The lowest BCUT2D eigenvalue weighted by Crippen LogP contribution is -2.18. The van der Waals surface area contributed by atoms with Crippen molar-refractivity contribution in [2.24, 2.45) is 0 Å². The molecule has 0 unspecified atom stereocenters. The van der Waals surface area contributed by atoms with E-state index in [1.54, 1.807) is 12.4 Å². The van der Waals surface area contributed by atoms with Gasteiger partial charge in [-0.25, -0.2) is 0 Å². The Bertz CT molecular complexity index is 1350. The highest BCUT2D eigenvalue weighted by Crippen LogP contribution is 2.29. The molecule has 0 spiro atoms. The number of aromatic amines is 1. The van der Waals surface area contributed by atoms with Crippen LogP contribution in [-0.2, 0) is 16.7 Å². The number of nitrogens with zero attached hydrogens (tertiary/aromatic N) is 4. The molecule has 0 saturated carbocycles. The van der Waals surface area contributed by atoms with Crippen molar-refractivity contribution < 1.29 is 4.74 Å². The van der Waals surface area contributed by atoms with Crippen molar-refractivity contribution >= 4 is 28.2 Å². The molecule has 2 aromatic heterocycles. The van der Waals surface area contributed by atoms with Crippen LogP contribution in [0.3, 0.4) is 0 Å². The first-order chi connectivity index (χ1) is 18.0. The maximum absolute atomic E-state index is 9.39. The van der Waals surface area contributed by atoms with Gasteiger partial charge in [-0.15, -0.1) is 0 Å². The Kier molecular flexibility index (Phi) is 9.07. The molecule has 0 radical (unpaired) electrons. The predicted molar refractivity (Wildman–Crippen MR) is 147 cm³/mol. The number of H-pyrrole nitrogens is 1. The van der Waals surface area contributed by atoms with Crippen molar-refractivity contribution in [3.05, 3.63) is 71.1 Å². The van der Waals surface area contributed by atoms with Crippen molar-refractivity contribution in [3.8, 4) is 17.2 Å². The fourth-order valence-corrected chi connectivity index (χ4v) is 4.31. The zero-order valence-electron chi connectivity index (χ0n) is 21.2. The number of fused-ring (bicyclic) bond motifs is 1. The Morgan fingerprint density at radius 3 is 2.73 bits per heavy atom. The van der Waals surface area contributed by atoms with Gasteiger partial charge in [-0.1, -0.05) is 17.7 Å². The van der Waals surface area contributed by atoms with Gasteiger partial charge in [0.1, 0.15) is 0 Å². The number of nitrogens with one attached hydrogen (secondary N) is 3. The van der Waals surface area contributed by atoms with Crippen LogP contribution in [0.25, 0.3) is 22.0 Å². The van der Waals surface area contributed by atoms with Crippen molar-refractivity contribution in [3.63, 3.8) is 0 Å². The minimum absolute atomic E-state index is 0.559. The van der Waals surface area contributed by atoms with Crippen LogP contribution in [0.5, 0.6) is 0 Å². The van der Waals surface area contributed by atoms with Crippen LogP contribution >= 0.6 is 11.6 Å². The third-order valence-corrected chi connectivity index (χ3v) is 6.44. The van der Waals surface area contributed by atoms with E-state index >= 15 is 0 Å². The topological polar surface area (TPSA) is 112 Å². The van der Waals surface area contributed by atoms with Crippen molar-refractivity contribution in [2.45, 2.75) is 38.6 Å². The number of ether oxygens (including phenoxy) is 1. The molecule has 0 aliphatic rings. The molecule has 0 bridgehead atoms. The van der Waals surface area contributed by atoms with Gasteiger partial charge in [-0.3, -0.25) is 5.10 Å². The van der Waals surface area contributed by atoms with Crippen LogP contribution in [0.15, 0.2) is 55.0 Å². The Morgan fingerprint density at radius 2 is 1.92 bits per heavy atom. The summed E-state index contributed by atoms with van der Waals surface area (Å²) >= 11 is 6.27. The Hall–Kier alpha value is -3.51. The average Bonchev–Trinajstić information content (AvgIpc) is 3.39. The highest BCUT2D eigenvalue weighted by molar-refractivity contribution is 6.30. The molecule has 3 N–H and O–H groups in total. The number of aromatic nitrogens is 4. The molecule has 2 aromatic carbocycles. The number of hydrogen-bond donors (Lipinski definition) is 3. The van der Waals surface area contributed by atoms with Gasteiger partial charge in [0.2, 0.25) is 0 Å². The highest BCUT2D eigenvalue weighted by atomic mass is 35.5. The fraction of sp³-hybridized carbons (Fsp3) is 0.357. The molecule has 2 heterocycles. The van der Waals surface area contributed by atoms with Gasteiger partial charge < -0.3 is 15.4 Å². The first-order valence-electron chi connectivity index (χ1n) is 12.4. The molecule has 8 nitrogen and oxygen atoms in total. The van der Waals surface area contributed by atoms with E-state index in [0.717, 1.165) is 64.8 Å². The van der Waals surface area contributed by atoms with E-state index < -0.39 is 5.41 Å². The summed E-state index contributed by atoms with van der Waals surface area (Å²) in [4.78, 5) is 0. The minimum atomic E-state index is -0.559. The average molecular weight is 518 g/mol. The van der Waals surface area contributed by atoms with Gasteiger partial charge in [-0.2, -0.15) is 20.6 Å². The van der Waals surface area contributed by atoms with E-state index in [1.165, 1.54) is 0 Å². The van der Waals surface area contributed by atoms with E-state index in [4.69, 9.17) is 16.3 Å². The molecule has 9 heteroatoms. The zero-order valence-corrected chi connectivity index (χ0v) is 22.0. The monoisotopic (exact) mass is 517 g/mol. The Morgan fingerprint density at radius 1 is 1.03 bits per heavy atom. The zero-order chi connectivity index (χ0) is 26.1. The van der Waals surface area contributed by atoms with Crippen molar-refractivity contribution in [1.29, 1.82) is 5.26 Å². The van der Waals surface area contributed by atoms with Crippen LogP contribution < -0.4 is 10.6 Å². The third kappa shape index (κ3) is 7.26. The smallest absolute Gasteiger partial charge is 0.0766 e. The van der Waals surface area contributed by atoms with E-state index in [1.807, 2.05) is 38.2 Å². The summed E-state index contributed by atoms with van der Waals surface area (Å²) < 4.78 is 5.83. The van der Waals surface area contributed by atoms with Crippen LogP contribution in [-0.4, -0.2) is 46.7 Å². The van der Waals surface area contributed by atoms with E-state index in [-0.39, 0.29) is 0 Å². The molecule has 192 valence electrons. The summed E-state index contributed by atoms with van der Waals surface area (Å²) in [5.74, 6) is 0. The fourth-order valence-electron chi connectivity index (χ4n) is 4.05. The first kappa shape index (κ1) is 26.6. The van der Waals surface area contributed by atoms with E-state index in [0.29, 0.717) is 24.8 Å². The summed E-state index contributed by atoms with van der Waals surface area (Å²) in [6.45, 7) is 7.45. The summed E-state index contributed by atoms with van der Waals surface area (Å²) in [5, 5.41) is 33.1. The number of rotatable bonds is 13. The van der Waals surface area contributed by atoms with Crippen LogP contribution in [0, 0.1) is 11.3 Å². The first-order valence-corrected chi connectivity index (χ1v) is 12.8. The van der Waals surface area contributed by atoms with Gasteiger partial charge in [0.15, 0.2) is 0 Å². The van der Waals surface area contributed by atoms with Gasteiger partial charge >= 0.3 is 0 Å². The van der Waals surface area contributed by atoms with Gasteiger partial charge in [-0.05, 0) is 80.3 Å². The largest absolute Gasteiger partial charge is 0.382 e. The lowest BCUT2D eigenvalue weighted by Gasteiger charge is -2.17. The summed E-state index contributed by atoms with van der Waals surface area (Å²) in [6.07, 6.45) is 7.26. The van der Waals surface area contributed by atoms with Gasteiger partial charge in [0, 0.05) is 41.4 Å². The highest BCUT2D eigenvalue weighted by Gasteiger charge is 2.20. The maximum Gasteiger partial charge on any atom is 0.0766 e. The molecule has 0 saturated heterocycles. The quantitative estimate of drug-likeness (QED) is 0.201. The van der Waals surface area contributed by atoms with Crippen LogP contribution in [0.1, 0.15) is 37.8 Å². The number of halogens is 1. The van der Waals surface area contributed by atoms with Gasteiger partial charge in [0.25, 0.3) is 0 Å². The molecule has 4 aromatic rings. The van der Waals surface area contributed by atoms with Crippen molar-refractivity contribution in [2.75, 3.05) is 31.6 Å². The second kappa shape index (κ2) is 12.6. The summed E-state index contributed by atoms with van der Waals surface area (Å²) in [7, 11) is 0. The van der Waals surface area contributed by atoms with Crippen LogP contribution in [0.2, 0.25) is 5.02 Å². The molecular formula is C28H32ClN7O. The molecule has 0 aliphatic carbocycles. The minimum Gasteiger partial charge on any atom is -0.382 e. The molecule has 0 atom stereocenters. The molecule has 4 rings (SSSR count). The normalized spacial score (nSPS) is 11.5. The Labute approximate surface area is 222 Å². The summed E-state index contributed by atoms with van der Waals surface area (Å²) in [5.41, 5.74) is 5.49. The maximum atomic E-state index is 9.39. The number of anilines is 1. The molecular weight excluding hydrogens is 486 g/mol. The number of benzene rings is 2. The summed E-state index contributed by atoms with van der Waals surface area (Å²) in [6, 6.07) is 14.3. The van der Waals surface area contributed by atoms with Crippen LogP contribution in [0.4, 0.5) is 5.69 Å². The van der Waals surface area contributed by atoms with E-state index in [2.05, 4.69) is 55.3 Å². The number of unbranched alkanes of at least 4 members (excludes halogenated alkanes) is 1. The van der Waals surface area contributed by atoms with Gasteiger partial charge in [0.05, 0.1) is 42.2 Å². The molecule has 0 fully saturated rings. The second-order valence-corrected chi connectivity index (χ2v) is 9.93. The predicted octanol–water partition coefficient (Wildman–Crippen LogP) is 5.47. The standard InChI is InChI=1S/C28H32ClN7O/c1-28(2,19-30)23-11-20(12-24(29)15-23)16-31-6-3-4-9-37-10-8-32-26-13-22(21-5-7-33-34-17-21)14-27-25(26)18-35-36-27/h5,7,11-15,17-18,31-32H,3-4,6,8-10,16H2,1-2H3,(H,35,36). The number of hydrogen-bond acceptors (Lipinski definition) is 7. The van der Waals surface area contributed by atoms with Crippen molar-refractivity contribution in [1.82, 2.24) is 25.7 Å². The second-order valence-electron chi connectivity index (χ2n) is 9.49. The Balaban J connectivity index is 1.15. The molecule has 0 aliphatic heterocycles. The third-order valence-electron chi connectivity index (χ3n) is 6.22. The molecule has 0 amide bonds. The molecule has 37 heavy (non-hydrogen) atoms.